The lowest BCUT2D eigenvalue weighted by Gasteiger charge is -2.73. The van der Waals surface area contributed by atoms with E-state index in [0.29, 0.717) is 36.1 Å². The topological polar surface area (TPSA) is 72.7 Å². The molecule has 1 unspecified atom stereocenters. The van der Waals surface area contributed by atoms with Gasteiger partial charge in [0.05, 0.1) is 19.3 Å². The third kappa shape index (κ3) is 3.50. The van der Waals surface area contributed by atoms with Gasteiger partial charge in [0, 0.05) is 23.1 Å². The number of hydrogen-bond acceptors (Lipinski definition) is 4. The Hall–Kier alpha value is -0.840. The van der Waals surface area contributed by atoms with Crippen LogP contribution in [0.15, 0.2) is 24.4 Å². The van der Waals surface area contributed by atoms with Gasteiger partial charge >= 0.3 is 0 Å². The first-order valence-corrected chi connectivity index (χ1v) is 15.3. The summed E-state index contributed by atoms with van der Waals surface area (Å²) < 4.78 is 0. The molecule has 0 aromatic carbocycles. The molecule has 0 bridgehead atoms. The van der Waals surface area contributed by atoms with Crippen LogP contribution in [0.25, 0.3) is 0 Å². The van der Waals surface area contributed by atoms with Gasteiger partial charge in [0.1, 0.15) is 0 Å². The second-order valence-corrected chi connectivity index (χ2v) is 15.2. The lowest BCUT2D eigenvalue weighted by atomic mass is 9.32. The second-order valence-electron chi connectivity index (χ2n) is 15.2. The Morgan fingerprint density at radius 3 is 2.22 bits per heavy atom. The summed E-state index contributed by atoms with van der Waals surface area (Å²) >= 11 is 0. The van der Waals surface area contributed by atoms with Crippen LogP contribution < -0.4 is 5.32 Å². The van der Waals surface area contributed by atoms with Gasteiger partial charge in [0.15, 0.2) is 0 Å². The van der Waals surface area contributed by atoms with Crippen molar-refractivity contribution in [3.63, 3.8) is 0 Å². The number of hydrogen-bond donors (Lipinski definition) is 4. The summed E-state index contributed by atoms with van der Waals surface area (Å²) in [6.07, 6.45) is 11.2. The summed E-state index contributed by atoms with van der Waals surface area (Å²) in [6.45, 7) is 22.2. The molecule has 5 aliphatic rings. The molecule has 0 amide bonds. The highest BCUT2D eigenvalue weighted by Gasteiger charge is 2.71. The molecule has 210 valence electrons. The Morgan fingerprint density at radius 1 is 0.838 bits per heavy atom. The Labute approximate surface area is 226 Å². The summed E-state index contributed by atoms with van der Waals surface area (Å²) in [5, 5.41) is 34.6. The normalized spacial score (nSPS) is 52.9. The number of fused-ring (bicyclic) bond motifs is 7. The first-order chi connectivity index (χ1) is 17.4. The molecule has 0 radical (unpaired) electrons. The smallest absolute Gasteiger partial charge is 0.0618 e. The number of rotatable bonds is 6. The van der Waals surface area contributed by atoms with Gasteiger partial charge in [-0.3, -0.25) is 0 Å². The van der Waals surface area contributed by atoms with Gasteiger partial charge in [-0.25, -0.2) is 0 Å². The number of aliphatic hydroxyl groups is 3. The van der Waals surface area contributed by atoms with Crippen LogP contribution in [0, 0.1) is 56.7 Å². The largest absolute Gasteiger partial charge is 0.396 e. The zero-order valence-corrected chi connectivity index (χ0v) is 24.4. The number of nitrogens with one attached hydrogen (secondary N) is 1. The molecule has 0 aliphatic heterocycles. The quantitative estimate of drug-likeness (QED) is 0.325. The molecule has 4 N–H and O–H groups in total. The first-order valence-electron chi connectivity index (χ1n) is 15.3. The predicted octanol–water partition coefficient (Wildman–Crippen LogP) is 6.07. The number of aliphatic hydroxyl groups excluding tert-OH is 3. The summed E-state index contributed by atoms with van der Waals surface area (Å²) in [5.41, 5.74) is 2.92. The lowest BCUT2D eigenvalue weighted by molar-refractivity contribution is -0.252. The molecule has 4 nitrogen and oxygen atoms in total. The Morgan fingerprint density at radius 2 is 1.57 bits per heavy atom. The van der Waals surface area contributed by atoms with Crippen LogP contribution in [0.3, 0.4) is 0 Å². The van der Waals surface area contributed by atoms with E-state index in [9.17, 15) is 15.3 Å². The minimum absolute atomic E-state index is 0.0889. The van der Waals surface area contributed by atoms with E-state index in [1.165, 1.54) is 56.2 Å². The maximum Gasteiger partial charge on any atom is 0.0618 e. The van der Waals surface area contributed by atoms with E-state index in [1.54, 1.807) is 0 Å². The molecule has 0 saturated heterocycles. The molecule has 5 fully saturated rings. The zero-order chi connectivity index (χ0) is 27.0. The summed E-state index contributed by atoms with van der Waals surface area (Å²) in [4.78, 5) is 0. The van der Waals surface area contributed by atoms with E-state index in [2.05, 4.69) is 53.1 Å². The summed E-state index contributed by atoms with van der Waals surface area (Å²) in [7, 11) is 0. The minimum Gasteiger partial charge on any atom is -0.396 e. The Balaban J connectivity index is 1.54. The fourth-order valence-corrected chi connectivity index (χ4v) is 12.1. The average Bonchev–Trinajstić information content (AvgIpc) is 3.27. The van der Waals surface area contributed by atoms with Gasteiger partial charge in [-0.15, -0.1) is 0 Å². The lowest BCUT2D eigenvalue weighted by Crippen LogP contribution is -2.67. The third-order valence-electron chi connectivity index (χ3n) is 14.2. The van der Waals surface area contributed by atoms with Crippen LogP contribution in [0.1, 0.15) is 98.8 Å². The maximum atomic E-state index is 11.0. The molecule has 5 saturated carbocycles. The van der Waals surface area contributed by atoms with Gasteiger partial charge in [-0.05, 0) is 117 Å². The highest BCUT2D eigenvalue weighted by molar-refractivity contribution is 5.27. The van der Waals surface area contributed by atoms with Crippen molar-refractivity contribution in [1.29, 1.82) is 0 Å². The Bertz CT molecular complexity index is 933. The van der Waals surface area contributed by atoms with Crippen molar-refractivity contribution in [3.8, 4) is 0 Å². The maximum absolute atomic E-state index is 11.0. The average molecular weight is 514 g/mol. The van der Waals surface area contributed by atoms with Crippen molar-refractivity contribution in [2.45, 2.75) is 105 Å². The van der Waals surface area contributed by atoms with Crippen molar-refractivity contribution in [3.05, 3.63) is 24.4 Å². The molecule has 0 aromatic rings. The third-order valence-corrected chi connectivity index (χ3v) is 14.2. The van der Waals surface area contributed by atoms with Gasteiger partial charge in [-0.1, -0.05) is 46.4 Å². The monoisotopic (exact) mass is 513 g/mol. The second kappa shape index (κ2) is 9.10. The molecule has 5 rings (SSSR count). The van der Waals surface area contributed by atoms with E-state index in [-0.39, 0.29) is 40.3 Å². The van der Waals surface area contributed by atoms with Gasteiger partial charge in [-0.2, -0.15) is 0 Å². The van der Waals surface area contributed by atoms with E-state index in [4.69, 9.17) is 0 Å². The van der Waals surface area contributed by atoms with Crippen molar-refractivity contribution in [2.24, 2.45) is 56.7 Å². The number of allylic oxidation sites excluding steroid dienone is 2. The highest BCUT2D eigenvalue weighted by atomic mass is 16.3. The summed E-state index contributed by atoms with van der Waals surface area (Å²) in [6, 6.07) is 0. The van der Waals surface area contributed by atoms with Gasteiger partial charge in [0.2, 0.25) is 0 Å². The van der Waals surface area contributed by atoms with Crippen LogP contribution in [0.5, 0.6) is 0 Å². The molecule has 4 heteroatoms. The fourth-order valence-electron chi connectivity index (χ4n) is 12.1. The molecule has 5 aliphatic carbocycles. The molecular formula is C33H55NO3. The summed E-state index contributed by atoms with van der Waals surface area (Å²) in [5.74, 6) is 2.78. The molecule has 0 heterocycles. The van der Waals surface area contributed by atoms with Crippen LogP contribution in [-0.2, 0) is 0 Å². The van der Waals surface area contributed by atoms with Gasteiger partial charge < -0.3 is 20.6 Å². The van der Waals surface area contributed by atoms with E-state index < -0.39 is 6.10 Å². The molecule has 0 spiro atoms. The fraction of sp³-hybridized carbons (Fsp3) is 0.879. The molecule has 0 aromatic heterocycles. The van der Waals surface area contributed by atoms with Crippen molar-refractivity contribution in [1.82, 2.24) is 5.32 Å². The van der Waals surface area contributed by atoms with E-state index in [0.717, 1.165) is 19.3 Å². The molecular weight excluding hydrogens is 458 g/mol. The van der Waals surface area contributed by atoms with E-state index in [1.807, 2.05) is 0 Å². The first kappa shape index (κ1) is 27.7. The van der Waals surface area contributed by atoms with Crippen LogP contribution in [0.4, 0.5) is 0 Å². The van der Waals surface area contributed by atoms with Crippen LogP contribution in [-0.4, -0.2) is 41.2 Å². The molecule has 11 atom stereocenters. The SMILES string of the molecule is C=C(C)[C@@H]1CC[C@]2(C(=C)NCCO)CC[C@]3(C)C(CC[C@@H]4[C@@]5(C)CC[C@H](O)[C@@](C)(CO)[C@@H]5CC[C@]43C)[C@@H]12. The zero-order valence-electron chi connectivity index (χ0n) is 24.4. The van der Waals surface area contributed by atoms with E-state index >= 15 is 0 Å². The predicted molar refractivity (Wildman–Crippen MR) is 151 cm³/mol. The van der Waals surface area contributed by atoms with Crippen molar-refractivity contribution in [2.75, 3.05) is 19.8 Å². The van der Waals surface area contributed by atoms with Crippen LogP contribution in [0.2, 0.25) is 0 Å². The Kier molecular flexibility index (Phi) is 6.81. The minimum atomic E-state index is -0.394. The standard InChI is InChI=1S/C33H55NO3/c1-21(2)23-10-15-33(22(3)34-18-19-35)17-16-31(6)24(28(23)33)8-9-26-29(4)13-12-27(37)30(5,20-36)25(29)11-14-32(26,31)7/h23-28,34-37H,1,3,8-20H2,2,4-7H3/t23-,24?,25+,26+,27-,28+,29-,30-,31+,32+,33+/m0/s1. The van der Waals surface area contributed by atoms with Gasteiger partial charge in [0.25, 0.3) is 0 Å². The molecule has 37 heavy (non-hydrogen) atoms. The van der Waals surface area contributed by atoms with Crippen molar-refractivity contribution >= 4 is 0 Å². The van der Waals surface area contributed by atoms with Crippen molar-refractivity contribution < 1.29 is 15.3 Å². The van der Waals surface area contributed by atoms with Crippen LogP contribution >= 0.6 is 0 Å². The highest BCUT2D eigenvalue weighted by Crippen LogP contribution is 2.78.